The fourth-order valence-electron chi connectivity index (χ4n) is 4.43. The van der Waals surface area contributed by atoms with Crippen LogP contribution in [0.2, 0.25) is 0 Å². The number of nitrogens with zero attached hydrogens (tertiary/aromatic N) is 2. The number of carbonyl (C=O) groups excluding carboxylic acids is 3. The second-order valence-corrected chi connectivity index (χ2v) is 7.05. The number of rotatable bonds is 4. The Bertz CT molecular complexity index is 1020. The average molecular weight is 362 g/mol. The molecule has 1 aromatic heterocycles. The van der Waals surface area contributed by atoms with Crippen molar-refractivity contribution in [3.8, 4) is 0 Å². The summed E-state index contributed by atoms with van der Waals surface area (Å²) in [6.45, 7) is 3.34. The minimum atomic E-state index is -0.522. The molecule has 136 valence electrons. The summed E-state index contributed by atoms with van der Waals surface area (Å²) in [6, 6.07) is 10.4. The summed E-state index contributed by atoms with van der Waals surface area (Å²) in [5, 5.41) is 0. The van der Waals surface area contributed by atoms with Crippen molar-refractivity contribution >= 4 is 17.5 Å². The van der Waals surface area contributed by atoms with Gasteiger partial charge in [-0.15, -0.1) is 0 Å². The zero-order chi connectivity index (χ0) is 18.7. The molecule has 1 aromatic carbocycles. The van der Waals surface area contributed by atoms with Crippen molar-refractivity contribution in [1.82, 2.24) is 9.47 Å². The molecular formula is C21H18N2O4. The molecule has 6 nitrogen and oxygen atoms in total. The highest BCUT2D eigenvalue weighted by atomic mass is 16.5. The molecule has 2 aliphatic heterocycles. The Morgan fingerprint density at radius 1 is 1.15 bits per heavy atom. The maximum atomic E-state index is 12.7. The van der Waals surface area contributed by atoms with Crippen molar-refractivity contribution in [1.29, 1.82) is 0 Å². The minimum absolute atomic E-state index is 0.0378. The maximum Gasteiger partial charge on any atom is 0.340 e. The van der Waals surface area contributed by atoms with E-state index in [4.69, 9.17) is 4.74 Å². The Kier molecular flexibility index (Phi) is 3.45. The topological polar surface area (TPSA) is 68.4 Å². The highest BCUT2D eigenvalue weighted by molar-refractivity contribution is 6.25. The first kappa shape index (κ1) is 16.2. The van der Waals surface area contributed by atoms with Crippen molar-refractivity contribution in [2.75, 3.05) is 6.61 Å². The zero-order valence-electron chi connectivity index (χ0n) is 14.8. The third-order valence-corrected chi connectivity index (χ3v) is 5.56. The predicted molar refractivity (Wildman–Crippen MR) is 96.7 cm³/mol. The van der Waals surface area contributed by atoms with Crippen LogP contribution in [0, 0.1) is 0 Å². The molecule has 0 bridgehead atoms. The van der Waals surface area contributed by atoms with Gasteiger partial charge in [0.05, 0.1) is 29.5 Å². The first-order chi connectivity index (χ1) is 13.1. The van der Waals surface area contributed by atoms with Crippen molar-refractivity contribution in [2.24, 2.45) is 0 Å². The average Bonchev–Trinajstić information content (AvgIpc) is 3.01. The predicted octanol–water partition coefficient (Wildman–Crippen LogP) is 2.54. The van der Waals surface area contributed by atoms with Crippen LogP contribution in [-0.2, 0) is 17.8 Å². The van der Waals surface area contributed by atoms with Crippen LogP contribution >= 0.6 is 0 Å². The van der Waals surface area contributed by atoms with E-state index in [-0.39, 0.29) is 41.4 Å². The van der Waals surface area contributed by atoms with Gasteiger partial charge in [0.2, 0.25) is 5.78 Å². The highest BCUT2D eigenvalue weighted by Crippen LogP contribution is 2.53. The van der Waals surface area contributed by atoms with E-state index in [1.54, 1.807) is 6.92 Å². The van der Waals surface area contributed by atoms with Gasteiger partial charge < -0.3 is 9.30 Å². The number of carbonyl (C=O) groups is 3. The van der Waals surface area contributed by atoms with E-state index in [1.165, 1.54) is 17.7 Å². The van der Waals surface area contributed by atoms with Gasteiger partial charge in [-0.05, 0) is 24.6 Å². The summed E-state index contributed by atoms with van der Waals surface area (Å²) in [5.41, 5.74) is 2.78. The molecule has 0 radical (unpaired) electrons. The van der Waals surface area contributed by atoms with E-state index in [9.17, 15) is 14.4 Å². The lowest BCUT2D eigenvalue weighted by molar-refractivity contribution is 0.0522. The zero-order valence-corrected chi connectivity index (χ0v) is 14.8. The van der Waals surface area contributed by atoms with Crippen molar-refractivity contribution in [2.45, 2.75) is 32.1 Å². The number of benzene rings is 1. The monoisotopic (exact) mass is 362 g/mol. The van der Waals surface area contributed by atoms with Crippen molar-refractivity contribution in [3.05, 3.63) is 70.6 Å². The van der Waals surface area contributed by atoms with Crippen LogP contribution in [0.15, 0.2) is 42.5 Å². The molecule has 3 aliphatic rings. The molecule has 5 rings (SSSR count). The normalized spacial score (nSPS) is 24.4. The molecule has 0 amide bonds. The lowest BCUT2D eigenvalue weighted by atomic mass is 9.96. The third kappa shape index (κ3) is 2.26. The number of ketones is 2. The van der Waals surface area contributed by atoms with Gasteiger partial charge in [-0.2, -0.15) is 0 Å². The Labute approximate surface area is 156 Å². The van der Waals surface area contributed by atoms with Crippen LogP contribution in [0.5, 0.6) is 0 Å². The Morgan fingerprint density at radius 3 is 2.63 bits per heavy atom. The molecule has 0 spiro atoms. The molecule has 1 aliphatic carbocycles. The summed E-state index contributed by atoms with van der Waals surface area (Å²) in [4.78, 5) is 39.9. The summed E-state index contributed by atoms with van der Waals surface area (Å²) in [7, 11) is 0. The van der Waals surface area contributed by atoms with Crippen molar-refractivity contribution in [3.63, 3.8) is 0 Å². The SMILES string of the molecule is CCOC(=O)c1c2c(n3c1[C@@H]1[C@H](C3)N1Cc1ccccc1)C(=O)C=CC2=O. The molecule has 1 unspecified atom stereocenters. The van der Waals surface area contributed by atoms with Crippen LogP contribution in [0.3, 0.4) is 0 Å². The smallest absolute Gasteiger partial charge is 0.340 e. The summed E-state index contributed by atoms with van der Waals surface area (Å²) < 4.78 is 7.09. The van der Waals surface area contributed by atoms with Gasteiger partial charge >= 0.3 is 5.97 Å². The molecule has 27 heavy (non-hydrogen) atoms. The molecule has 6 heteroatoms. The lowest BCUT2D eigenvalue weighted by Gasteiger charge is -2.13. The minimum Gasteiger partial charge on any atom is -0.462 e. The number of allylic oxidation sites excluding steroid dienone is 2. The Balaban J connectivity index is 1.58. The molecule has 0 saturated carbocycles. The first-order valence-electron chi connectivity index (χ1n) is 9.11. The van der Waals surface area contributed by atoms with Gasteiger partial charge in [-0.3, -0.25) is 14.5 Å². The van der Waals surface area contributed by atoms with Crippen molar-refractivity contribution < 1.29 is 19.1 Å². The number of aromatic nitrogens is 1. The van der Waals surface area contributed by atoms with Gasteiger partial charge in [-0.25, -0.2) is 4.79 Å². The number of hydrogen-bond donors (Lipinski definition) is 0. The van der Waals surface area contributed by atoms with Crippen LogP contribution < -0.4 is 0 Å². The summed E-state index contributed by atoms with van der Waals surface area (Å²) >= 11 is 0. The second kappa shape index (κ2) is 5.76. The van der Waals surface area contributed by atoms with E-state index in [2.05, 4.69) is 17.0 Å². The van der Waals surface area contributed by atoms with Gasteiger partial charge in [0.15, 0.2) is 5.78 Å². The van der Waals surface area contributed by atoms with E-state index in [1.807, 2.05) is 22.8 Å². The molecule has 1 fully saturated rings. The van der Waals surface area contributed by atoms with E-state index in [0.717, 1.165) is 12.2 Å². The van der Waals surface area contributed by atoms with Crippen LogP contribution in [0.25, 0.3) is 0 Å². The number of ether oxygens (including phenoxy) is 1. The molecule has 3 heterocycles. The first-order valence-corrected chi connectivity index (χ1v) is 9.11. The molecule has 0 N–H and O–H groups in total. The molecule has 3 atom stereocenters. The number of hydrogen-bond acceptors (Lipinski definition) is 5. The van der Waals surface area contributed by atoms with E-state index < -0.39 is 5.97 Å². The summed E-state index contributed by atoms with van der Waals surface area (Å²) in [6.07, 6.45) is 2.54. The number of fused-ring (bicyclic) bond motifs is 5. The fraction of sp³-hybridized carbons (Fsp3) is 0.286. The highest BCUT2D eigenvalue weighted by Gasteiger charge is 2.58. The summed E-state index contributed by atoms with van der Waals surface area (Å²) in [5.74, 6) is -1.05. The Morgan fingerprint density at radius 2 is 1.89 bits per heavy atom. The molecule has 1 saturated heterocycles. The van der Waals surface area contributed by atoms with E-state index >= 15 is 0 Å². The largest absolute Gasteiger partial charge is 0.462 e. The van der Waals surface area contributed by atoms with Crippen LogP contribution in [-0.4, -0.2) is 39.7 Å². The standard InChI is InChI=1S/C21H18N2O4/c1-2-27-21(26)17-16-14(24)8-9-15(25)19(16)23-11-13-18(20(17)23)22(13)10-12-6-4-3-5-7-12/h3-9,13,18H,2,10-11H2,1H3/t13-,18-,22?/m0/s1. The van der Waals surface area contributed by atoms with Gasteiger partial charge in [0.1, 0.15) is 5.69 Å². The lowest BCUT2D eigenvalue weighted by Crippen LogP contribution is -2.19. The third-order valence-electron chi connectivity index (χ3n) is 5.56. The second-order valence-electron chi connectivity index (χ2n) is 7.05. The van der Waals surface area contributed by atoms with Crippen LogP contribution in [0.1, 0.15) is 55.4 Å². The quantitative estimate of drug-likeness (QED) is 0.618. The fourth-order valence-corrected chi connectivity index (χ4v) is 4.43. The molecule has 2 aromatic rings. The number of esters is 1. The van der Waals surface area contributed by atoms with Crippen LogP contribution in [0.4, 0.5) is 0 Å². The van der Waals surface area contributed by atoms with E-state index in [0.29, 0.717) is 12.2 Å². The van der Waals surface area contributed by atoms with Gasteiger partial charge in [0, 0.05) is 19.1 Å². The maximum absolute atomic E-state index is 12.7. The van der Waals surface area contributed by atoms with Gasteiger partial charge in [0.25, 0.3) is 0 Å². The van der Waals surface area contributed by atoms with Gasteiger partial charge in [-0.1, -0.05) is 30.3 Å². The Hall–Kier alpha value is -2.99. The molecular weight excluding hydrogens is 344 g/mol.